The second kappa shape index (κ2) is 5.08. The lowest BCUT2D eigenvalue weighted by Crippen LogP contribution is -2.24. The monoisotopic (exact) mass is 252 g/mol. The van der Waals surface area contributed by atoms with E-state index in [1.807, 2.05) is 0 Å². The molecule has 0 amide bonds. The first kappa shape index (κ1) is 14.0. The summed E-state index contributed by atoms with van der Waals surface area (Å²) in [6.45, 7) is 6.89. The molecule has 5 nitrogen and oxygen atoms in total. The molecule has 5 heteroatoms. The average Bonchev–Trinajstić information content (AvgIpc) is 2.63. The molecule has 0 atom stereocenters. The molecule has 18 heavy (non-hydrogen) atoms. The minimum atomic E-state index is -1.15. The van der Waals surface area contributed by atoms with E-state index in [1.54, 1.807) is 27.7 Å². The first-order valence-corrected chi connectivity index (χ1v) is 5.44. The van der Waals surface area contributed by atoms with Crippen LogP contribution in [0, 0.1) is 0 Å². The Morgan fingerprint density at radius 2 is 1.94 bits per heavy atom. The summed E-state index contributed by atoms with van der Waals surface area (Å²) in [4.78, 5) is 22.3. The van der Waals surface area contributed by atoms with Crippen molar-refractivity contribution in [2.75, 3.05) is 0 Å². The fraction of sp³-hybridized carbons (Fsp3) is 0.385. The van der Waals surface area contributed by atoms with E-state index in [9.17, 15) is 9.59 Å². The van der Waals surface area contributed by atoms with Crippen LogP contribution in [0.3, 0.4) is 0 Å². The van der Waals surface area contributed by atoms with E-state index < -0.39 is 17.5 Å². The van der Waals surface area contributed by atoms with E-state index in [0.29, 0.717) is 11.3 Å². The van der Waals surface area contributed by atoms with Crippen LogP contribution >= 0.6 is 0 Å². The molecule has 0 spiro atoms. The number of carbonyl (C=O) groups is 2. The largest absolute Gasteiger partial charge is 0.475 e. The topological polar surface area (TPSA) is 76.7 Å². The molecule has 98 valence electrons. The van der Waals surface area contributed by atoms with Gasteiger partial charge in [0.25, 0.3) is 0 Å². The van der Waals surface area contributed by atoms with E-state index in [1.165, 1.54) is 18.2 Å². The fourth-order valence-electron chi connectivity index (χ4n) is 1.18. The first-order valence-electron chi connectivity index (χ1n) is 5.44. The summed E-state index contributed by atoms with van der Waals surface area (Å²) < 4.78 is 10.2. The van der Waals surface area contributed by atoms with Crippen LogP contribution in [0.2, 0.25) is 0 Å². The molecule has 0 aliphatic rings. The molecule has 1 N–H and O–H groups in total. The van der Waals surface area contributed by atoms with Crippen molar-refractivity contribution in [3.63, 3.8) is 0 Å². The van der Waals surface area contributed by atoms with Crippen LogP contribution in [0.25, 0.3) is 6.08 Å². The number of hydrogen-bond donors (Lipinski definition) is 1. The highest BCUT2D eigenvalue weighted by Crippen LogP contribution is 2.15. The van der Waals surface area contributed by atoms with Gasteiger partial charge in [0, 0.05) is 5.57 Å². The van der Waals surface area contributed by atoms with Gasteiger partial charge >= 0.3 is 11.9 Å². The Morgan fingerprint density at radius 1 is 1.33 bits per heavy atom. The number of hydrogen-bond acceptors (Lipinski definition) is 4. The number of carboxylic acid groups (broad SMARTS) is 1. The fourth-order valence-corrected chi connectivity index (χ4v) is 1.18. The van der Waals surface area contributed by atoms with Crippen molar-refractivity contribution in [1.29, 1.82) is 0 Å². The molecule has 0 fully saturated rings. The van der Waals surface area contributed by atoms with Gasteiger partial charge in [0.2, 0.25) is 5.76 Å². The number of esters is 1. The molecule has 0 aliphatic heterocycles. The van der Waals surface area contributed by atoms with Gasteiger partial charge in [-0.1, -0.05) is 0 Å². The van der Waals surface area contributed by atoms with Crippen LogP contribution in [-0.2, 0) is 9.53 Å². The number of aromatic carboxylic acids is 1. The summed E-state index contributed by atoms with van der Waals surface area (Å²) in [6, 6.07) is 2.81. The summed E-state index contributed by atoms with van der Waals surface area (Å²) in [5.74, 6) is -1.48. The third-order valence-electron chi connectivity index (χ3n) is 1.92. The Hall–Kier alpha value is -2.04. The minimum absolute atomic E-state index is 0.168. The zero-order valence-electron chi connectivity index (χ0n) is 10.8. The quantitative estimate of drug-likeness (QED) is 0.661. The molecule has 1 aromatic heterocycles. The molecule has 0 radical (unpaired) electrons. The molecule has 0 bridgehead atoms. The van der Waals surface area contributed by atoms with Crippen LogP contribution in [-0.4, -0.2) is 22.6 Å². The van der Waals surface area contributed by atoms with Gasteiger partial charge in [-0.05, 0) is 45.9 Å². The Kier molecular flexibility index (Phi) is 3.96. The number of carboxylic acids is 1. The normalized spacial score (nSPS) is 12.3. The lowest BCUT2D eigenvalue weighted by Gasteiger charge is -2.19. The minimum Gasteiger partial charge on any atom is -0.475 e. The maximum absolute atomic E-state index is 11.7. The van der Waals surface area contributed by atoms with Gasteiger partial charge < -0.3 is 14.3 Å². The van der Waals surface area contributed by atoms with Crippen molar-refractivity contribution in [3.05, 3.63) is 29.2 Å². The van der Waals surface area contributed by atoms with Gasteiger partial charge in [-0.25, -0.2) is 9.59 Å². The summed E-state index contributed by atoms with van der Waals surface area (Å²) in [7, 11) is 0. The number of carbonyl (C=O) groups excluding carboxylic acids is 1. The van der Waals surface area contributed by atoms with Crippen molar-refractivity contribution in [3.8, 4) is 0 Å². The maximum Gasteiger partial charge on any atom is 0.371 e. The van der Waals surface area contributed by atoms with Gasteiger partial charge in [-0.3, -0.25) is 0 Å². The maximum atomic E-state index is 11.7. The predicted molar refractivity (Wildman–Crippen MR) is 65.2 cm³/mol. The van der Waals surface area contributed by atoms with Crippen molar-refractivity contribution < 1.29 is 23.8 Å². The first-order chi connectivity index (χ1) is 8.19. The molecule has 0 aromatic carbocycles. The highest BCUT2D eigenvalue weighted by molar-refractivity contribution is 5.93. The Labute approximate surface area is 105 Å². The summed E-state index contributed by atoms with van der Waals surface area (Å²) in [5, 5.41) is 8.69. The molecule has 1 aromatic rings. The van der Waals surface area contributed by atoms with E-state index >= 15 is 0 Å². The van der Waals surface area contributed by atoms with Crippen LogP contribution in [0.5, 0.6) is 0 Å². The van der Waals surface area contributed by atoms with Crippen molar-refractivity contribution >= 4 is 18.0 Å². The zero-order chi connectivity index (χ0) is 13.9. The number of furan rings is 1. The zero-order valence-corrected chi connectivity index (χ0v) is 10.8. The second-order valence-corrected chi connectivity index (χ2v) is 4.84. The van der Waals surface area contributed by atoms with Gasteiger partial charge in [0.1, 0.15) is 11.4 Å². The molecule has 0 unspecified atom stereocenters. The van der Waals surface area contributed by atoms with E-state index in [-0.39, 0.29) is 5.76 Å². The van der Waals surface area contributed by atoms with Crippen LogP contribution in [0.4, 0.5) is 0 Å². The summed E-state index contributed by atoms with van der Waals surface area (Å²) in [5.41, 5.74) is -0.224. The summed E-state index contributed by atoms with van der Waals surface area (Å²) >= 11 is 0. The van der Waals surface area contributed by atoms with E-state index in [2.05, 4.69) is 0 Å². The number of rotatable bonds is 3. The lowest BCUT2D eigenvalue weighted by atomic mass is 10.2. The SMILES string of the molecule is C/C(=C/c1ccc(C(=O)O)o1)C(=O)OC(C)(C)C. The third kappa shape index (κ3) is 4.08. The number of ether oxygens (including phenoxy) is 1. The molecule has 0 saturated heterocycles. The van der Waals surface area contributed by atoms with Crippen molar-refractivity contribution in [2.45, 2.75) is 33.3 Å². The molecule has 1 heterocycles. The van der Waals surface area contributed by atoms with Gasteiger partial charge in [-0.2, -0.15) is 0 Å². The Bertz CT molecular complexity index is 488. The Balaban J connectivity index is 2.82. The standard InChI is InChI=1S/C13H16O5/c1-8(12(16)18-13(2,3)4)7-9-5-6-10(17-9)11(14)15/h5-7H,1-4H3,(H,14,15)/b8-7-. The smallest absolute Gasteiger partial charge is 0.371 e. The molecular formula is C13H16O5. The van der Waals surface area contributed by atoms with Crippen molar-refractivity contribution in [1.82, 2.24) is 0 Å². The Morgan fingerprint density at radius 3 is 2.39 bits per heavy atom. The highest BCUT2D eigenvalue weighted by atomic mass is 16.6. The van der Waals surface area contributed by atoms with Crippen LogP contribution in [0.15, 0.2) is 22.1 Å². The van der Waals surface area contributed by atoms with E-state index in [4.69, 9.17) is 14.3 Å². The molecular weight excluding hydrogens is 236 g/mol. The van der Waals surface area contributed by atoms with Gasteiger partial charge in [0.05, 0.1) is 0 Å². The molecule has 0 aliphatic carbocycles. The van der Waals surface area contributed by atoms with Crippen molar-refractivity contribution in [2.24, 2.45) is 0 Å². The van der Waals surface area contributed by atoms with E-state index in [0.717, 1.165) is 0 Å². The van der Waals surface area contributed by atoms with Gasteiger partial charge in [-0.15, -0.1) is 0 Å². The summed E-state index contributed by atoms with van der Waals surface area (Å²) in [6.07, 6.45) is 1.44. The second-order valence-electron chi connectivity index (χ2n) is 4.84. The average molecular weight is 252 g/mol. The predicted octanol–water partition coefficient (Wildman–Crippen LogP) is 2.72. The third-order valence-corrected chi connectivity index (χ3v) is 1.92. The molecule has 1 rings (SSSR count). The van der Waals surface area contributed by atoms with Crippen LogP contribution < -0.4 is 0 Å². The van der Waals surface area contributed by atoms with Gasteiger partial charge in [0.15, 0.2) is 0 Å². The van der Waals surface area contributed by atoms with Crippen LogP contribution in [0.1, 0.15) is 44.0 Å². The highest BCUT2D eigenvalue weighted by Gasteiger charge is 2.18. The molecule has 0 saturated carbocycles. The lowest BCUT2D eigenvalue weighted by molar-refractivity contribution is -0.149.